The number of rotatable bonds is 6. The molecule has 0 amide bonds. The van der Waals surface area contributed by atoms with Crippen molar-refractivity contribution < 1.29 is 22.3 Å². The van der Waals surface area contributed by atoms with Crippen LogP contribution in [0.3, 0.4) is 0 Å². The third kappa shape index (κ3) is 4.50. The predicted molar refractivity (Wildman–Crippen MR) is 165 cm³/mol. The number of aromatic amines is 1. The molecule has 0 aliphatic carbocycles. The van der Waals surface area contributed by atoms with Crippen LogP contribution in [0.15, 0.2) is 18.3 Å². The van der Waals surface area contributed by atoms with Gasteiger partial charge in [0.05, 0.1) is 27.8 Å². The van der Waals surface area contributed by atoms with E-state index in [1.807, 2.05) is 19.9 Å². The number of alkyl halides is 3. The van der Waals surface area contributed by atoms with Crippen LogP contribution < -0.4 is 15.0 Å². The summed E-state index contributed by atoms with van der Waals surface area (Å²) in [5.41, 5.74) is 1.42. The molecule has 0 spiro atoms. The van der Waals surface area contributed by atoms with E-state index in [9.17, 15) is 13.2 Å². The summed E-state index contributed by atoms with van der Waals surface area (Å²) < 4.78 is 66.5. The Morgan fingerprint density at radius 1 is 1.13 bits per heavy atom. The number of aromatic nitrogens is 4. The van der Waals surface area contributed by atoms with E-state index in [0.717, 1.165) is 36.0 Å². The zero-order valence-corrected chi connectivity index (χ0v) is 25.8. The number of piperazine rings is 1. The highest BCUT2D eigenvalue weighted by Crippen LogP contribution is 2.45. The summed E-state index contributed by atoms with van der Waals surface area (Å²) >= 11 is 6.90. The van der Waals surface area contributed by atoms with Gasteiger partial charge in [0.2, 0.25) is 0 Å². The molecule has 4 saturated heterocycles. The number of anilines is 1. The van der Waals surface area contributed by atoms with Crippen molar-refractivity contribution in [2.45, 2.75) is 75.7 Å². The van der Waals surface area contributed by atoms with E-state index in [0.29, 0.717) is 54.5 Å². The molecule has 8 rings (SSSR count). The first kappa shape index (κ1) is 29.2. The van der Waals surface area contributed by atoms with E-state index in [1.165, 1.54) is 0 Å². The highest BCUT2D eigenvalue weighted by atomic mass is 35.5. The van der Waals surface area contributed by atoms with Crippen molar-refractivity contribution in [3.63, 3.8) is 0 Å². The summed E-state index contributed by atoms with van der Waals surface area (Å²) in [6.07, 6.45) is 1.11. The molecular weight excluding hydrogens is 610 g/mol. The largest absolute Gasteiger partial charge is 0.461 e. The number of nitrogens with zero attached hydrogens (tertiary/aromatic N) is 5. The molecule has 6 heterocycles. The van der Waals surface area contributed by atoms with Gasteiger partial charge < -0.3 is 15.0 Å². The van der Waals surface area contributed by atoms with Crippen LogP contribution in [-0.4, -0.2) is 87.6 Å². The molecule has 8 nitrogen and oxygen atoms in total. The van der Waals surface area contributed by atoms with Crippen molar-refractivity contribution in [2.75, 3.05) is 37.7 Å². The second-order valence-electron chi connectivity index (χ2n) is 13.4. The molecule has 4 aliphatic rings. The minimum Gasteiger partial charge on any atom is -0.461 e. The quantitative estimate of drug-likeness (QED) is 0.245. The fourth-order valence-electron chi connectivity index (χ4n) is 8.31. The Morgan fingerprint density at radius 2 is 1.98 bits per heavy atom. The Bertz CT molecular complexity index is 1840. The second-order valence-corrected chi connectivity index (χ2v) is 13.8. The van der Waals surface area contributed by atoms with Gasteiger partial charge >= 0.3 is 6.01 Å². The number of hydrogen-bond acceptors (Lipinski definition) is 7. The topological polar surface area (TPSA) is 82.2 Å². The Labute approximate surface area is 262 Å². The smallest absolute Gasteiger partial charge is 0.319 e. The highest BCUT2D eigenvalue weighted by molar-refractivity contribution is 6.35. The van der Waals surface area contributed by atoms with Gasteiger partial charge in [-0.15, -0.1) is 0 Å². The van der Waals surface area contributed by atoms with Crippen LogP contribution in [0.2, 0.25) is 5.02 Å². The molecule has 0 radical (unpaired) electrons. The van der Waals surface area contributed by atoms with Crippen molar-refractivity contribution in [1.82, 2.24) is 30.4 Å². The van der Waals surface area contributed by atoms with Crippen molar-refractivity contribution in [1.29, 1.82) is 0 Å². The van der Waals surface area contributed by atoms with E-state index in [-0.39, 0.29) is 41.3 Å². The van der Waals surface area contributed by atoms with Crippen molar-refractivity contribution in [3.05, 3.63) is 40.3 Å². The summed E-state index contributed by atoms with van der Waals surface area (Å²) in [7, 11) is 0. The number of halogens is 5. The lowest BCUT2D eigenvalue weighted by molar-refractivity contribution is 0.0367. The maximum atomic E-state index is 17.0. The minimum atomic E-state index is -2.59. The number of nitrogens with one attached hydrogen (secondary N) is 2. The number of ether oxygens (including phenoxy) is 1. The summed E-state index contributed by atoms with van der Waals surface area (Å²) in [6, 6.07) is 3.34. The van der Waals surface area contributed by atoms with Gasteiger partial charge in [0.1, 0.15) is 24.1 Å². The number of aryl methyl sites for hydroxylation is 1. The van der Waals surface area contributed by atoms with Crippen LogP contribution in [0.1, 0.15) is 43.2 Å². The summed E-state index contributed by atoms with van der Waals surface area (Å²) in [5, 5.41) is 11.4. The van der Waals surface area contributed by atoms with Gasteiger partial charge in [-0.1, -0.05) is 11.6 Å². The average Bonchev–Trinajstić information content (AvgIpc) is 3.76. The lowest BCUT2D eigenvalue weighted by Gasteiger charge is -2.41. The fraction of sp³-hybridized carbons (Fsp3) is 0.531. The predicted octanol–water partition coefficient (Wildman–Crippen LogP) is 6.11. The third-order valence-corrected chi connectivity index (χ3v) is 10.9. The molecule has 2 aromatic carbocycles. The van der Waals surface area contributed by atoms with Gasteiger partial charge in [-0.05, 0) is 69.3 Å². The maximum absolute atomic E-state index is 17.0. The van der Waals surface area contributed by atoms with E-state index in [4.69, 9.17) is 21.3 Å². The van der Waals surface area contributed by atoms with Gasteiger partial charge in [-0.2, -0.15) is 15.1 Å². The maximum Gasteiger partial charge on any atom is 0.319 e. The Morgan fingerprint density at radius 3 is 2.80 bits per heavy atom. The van der Waals surface area contributed by atoms with Gasteiger partial charge in [0.25, 0.3) is 6.43 Å². The lowest BCUT2D eigenvalue weighted by Crippen LogP contribution is -2.63. The number of benzene rings is 2. The van der Waals surface area contributed by atoms with Crippen molar-refractivity contribution in [3.8, 4) is 17.1 Å². The zero-order valence-electron chi connectivity index (χ0n) is 25.1. The first-order chi connectivity index (χ1) is 21.6. The fourth-order valence-corrected chi connectivity index (χ4v) is 8.60. The average molecular weight is 644 g/mol. The van der Waals surface area contributed by atoms with Crippen LogP contribution in [0.25, 0.3) is 32.9 Å². The highest BCUT2D eigenvalue weighted by Gasteiger charge is 2.52. The summed E-state index contributed by atoms with van der Waals surface area (Å²) in [6.45, 7) is 5.55. The Balaban J connectivity index is 1.29. The first-order valence-electron chi connectivity index (χ1n) is 15.5. The number of fused-ring (bicyclic) bond motifs is 5. The second kappa shape index (κ2) is 10.4. The molecule has 4 atom stereocenters. The molecular formula is C32H34ClF4N7O. The van der Waals surface area contributed by atoms with Crippen LogP contribution in [0.5, 0.6) is 6.01 Å². The van der Waals surface area contributed by atoms with Crippen LogP contribution in [0.4, 0.5) is 23.4 Å². The molecule has 13 heteroatoms. The van der Waals surface area contributed by atoms with E-state index in [2.05, 4.69) is 25.4 Å². The molecule has 45 heavy (non-hydrogen) atoms. The number of hydrogen-bond donors (Lipinski definition) is 2. The monoisotopic (exact) mass is 643 g/mol. The SMILES string of the molecule is Cc1cc2[nH]ncc2c(-c2c(Cl)cc3c(N4CC5CCC(C(F)F)(C4)N5)nc(OCC45CCCN4CC(F)C5)nc3c2F)c1C. The van der Waals surface area contributed by atoms with E-state index < -0.39 is 29.5 Å². The number of H-pyrrole nitrogens is 1. The molecule has 4 aromatic rings. The standard InChI is InChI=1S/C32H34ClF4N7O/c1-16-8-23-21(11-38-42-23)24(17(16)2)25-22(33)9-20-27(26(25)35)39-30(45-15-31-5-3-7-44(31)12-18(34)10-31)40-28(20)43-13-19-4-6-32(14-43,41-19)29(36)37/h8-9,11,18-19,29,41H,3-7,10,12-15H2,1-2H3,(H,38,42). The minimum absolute atomic E-state index is 0.0123. The summed E-state index contributed by atoms with van der Waals surface area (Å²) in [4.78, 5) is 13.2. The molecule has 0 saturated carbocycles. The molecule has 4 aliphatic heterocycles. The van der Waals surface area contributed by atoms with Gasteiger partial charge in [0, 0.05) is 54.0 Å². The molecule has 2 N–H and O–H groups in total. The lowest BCUT2D eigenvalue weighted by atomic mass is 9.92. The molecule has 2 bridgehead atoms. The Kier molecular flexibility index (Phi) is 6.75. The summed E-state index contributed by atoms with van der Waals surface area (Å²) in [5.74, 6) is -0.361. The normalized spacial score (nSPS) is 28.2. The molecule has 4 fully saturated rings. The van der Waals surface area contributed by atoms with Gasteiger partial charge in [-0.25, -0.2) is 17.6 Å². The van der Waals surface area contributed by atoms with Gasteiger partial charge in [0.15, 0.2) is 5.82 Å². The first-order valence-corrected chi connectivity index (χ1v) is 15.9. The van der Waals surface area contributed by atoms with Crippen LogP contribution in [0, 0.1) is 19.7 Å². The van der Waals surface area contributed by atoms with Crippen LogP contribution in [-0.2, 0) is 0 Å². The Hall–Kier alpha value is -3.22. The van der Waals surface area contributed by atoms with E-state index in [1.54, 1.807) is 17.2 Å². The van der Waals surface area contributed by atoms with Crippen molar-refractivity contribution >= 4 is 39.2 Å². The molecule has 238 valence electrons. The molecule has 2 aromatic heterocycles. The third-order valence-electron chi connectivity index (χ3n) is 10.7. The van der Waals surface area contributed by atoms with E-state index >= 15 is 4.39 Å². The van der Waals surface area contributed by atoms with Crippen LogP contribution >= 0.6 is 11.6 Å². The van der Waals surface area contributed by atoms with Gasteiger partial charge in [-0.3, -0.25) is 10.00 Å². The zero-order chi connectivity index (χ0) is 31.2. The molecule has 4 unspecified atom stereocenters. The van der Waals surface area contributed by atoms with Crippen molar-refractivity contribution in [2.24, 2.45) is 0 Å².